The van der Waals surface area contributed by atoms with Gasteiger partial charge in [-0.3, -0.25) is 4.99 Å². The molecule has 0 saturated carbocycles. The summed E-state index contributed by atoms with van der Waals surface area (Å²) in [5.41, 5.74) is 7.27. The van der Waals surface area contributed by atoms with E-state index >= 15 is 0 Å². The van der Waals surface area contributed by atoms with E-state index < -0.39 is 0 Å². The van der Waals surface area contributed by atoms with Crippen LogP contribution in [0.4, 0.5) is 0 Å². The molecule has 1 fully saturated rings. The van der Waals surface area contributed by atoms with Gasteiger partial charge < -0.3 is 20.1 Å². The van der Waals surface area contributed by atoms with Crippen LogP contribution in [0, 0.1) is 0 Å². The summed E-state index contributed by atoms with van der Waals surface area (Å²) in [7, 11) is 0. The summed E-state index contributed by atoms with van der Waals surface area (Å²) in [6.07, 6.45) is 2.52. The molecule has 1 aromatic carbocycles. The van der Waals surface area contributed by atoms with Crippen molar-refractivity contribution in [1.29, 1.82) is 0 Å². The topological polar surface area (TPSA) is 60.1 Å². The molecule has 3 rings (SSSR count). The Morgan fingerprint density at radius 2 is 2.38 bits per heavy atom. The van der Waals surface area contributed by atoms with Gasteiger partial charge in [0.25, 0.3) is 0 Å². The molecule has 114 valence electrons. The van der Waals surface area contributed by atoms with Crippen LogP contribution in [0.3, 0.4) is 0 Å². The molecule has 0 amide bonds. The lowest BCUT2D eigenvalue weighted by atomic mass is 10.1. The first-order valence-corrected chi connectivity index (χ1v) is 7.69. The van der Waals surface area contributed by atoms with E-state index in [0.717, 1.165) is 31.7 Å². The van der Waals surface area contributed by atoms with Crippen molar-refractivity contribution in [2.45, 2.75) is 31.9 Å². The Bertz CT molecular complexity index is 512. The first-order chi connectivity index (χ1) is 10.3. The predicted molar refractivity (Wildman–Crippen MR) is 82.5 cm³/mol. The van der Waals surface area contributed by atoms with Gasteiger partial charge in [-0.2, -0.15) is 0 Å². The van der Waals surface area contributed by atoms with Gasteiger partial charge in [0.15, 0.2) is 5.96 Å². The van der Waals surface area contributed by atoms with Crippen molar-refractivity contribution >= 4 is 5.96 Å². The summed E-state index contributed by atoms with van der Waals surface area (Å²) in [4.78, 5) is 6.58. The highest BCUT2D eigenvalue weighted by molar-refractivity contribution is 5.80. The third-order valence-electron chi connectivity index (χ3n) is 4.07. The molecule has 0 aromatic heterocycles. The van der Waals surface area contributed by atoms with E-state index in [0.29, 0.717) is 19.1 Å². The molecule has 0 aliphatic carbocycles. The summed E-state index contributed by atoms with van der Waals surface area (Å²) in [5.74, 6) is 1.52. The van der Waals surface area contributed by atoms with Crippen LogP contribution in [0.1, 0.15) is 31.4 Å². The monoisotopic (exact) mass is 289 g/mol. The third-order valence-corrected chi connectivity index (χ3v) is 4.07. The Kier molecular flexibility index (Phi) is 4.29. The normalized spacial score (nSPS) is 25.2. The van der Waals surface area contributed by atoms with Gasteiger partial charge in [0, 0.05) is 13.2 Å². The highest BCUT2D eigenvalue weighted by atomic mass is 16.5. The number of aliphatic imine (C=N–C) groups is 1. The molecule has 2 unspecified atom stereocenters. The SMILES string of the molecule is CCOc1cccc(C2CN=C(N)N2CC2CCCO2)c1. The third kappa shape index (κ3) is 3.13. The number of rotatable bonds is 5. The van der Waals surface area contributed by atoms with Gasteiger partial charge >= 0.3 is 0 Å². The largest absolute Gasteiger partial charge is 0.494 e. The van der Waals surface area contributed by atoms with Crippen LogP contribution in [-0.4, -0.2) is 43.3 Å². The second kappa shape index (κ2) is 6.35. The molecule has 21 heavy (non-hydrogen) atoms. The second-order valence-corrected chi connectivity index (χ2v) is 5.51. The first-order valence-electron chi connectivity index (χ1n) is 7.69. The van der Waals surface area contributed by atoms with Crippen LogP contribution in [0.15, 0.2) is 29.3 Å². The number of guanidine groups is 1. The fourth-order valence-corrected chi connectivity index (χ4v) is 3.02. The van der Waals surface area contributed by atoms with Crippen molar-refractivity contribution in [2.75, 3.05) is 26.3 Å². The van der Waals surface area contributed by atoms with Crippen LogP contribution >= 0.6 is 0 Å². The molecule has 2 aliphatic heterocycles. The molecule has 2 aliphatic rings. The van der Waals surface area contributed by atoms with Gasteiger partial charge in [0.1, 0.15) is 5.75 Å². The zero-order valence-corrected chi connectivity index (χ0v) is 12.5. The predicted octanol–water partition coefficient (Wildman–Crippen LogP) is 1.94. The zero-order chi connectivity index (χ0) is 14.7. The Balaban J connectivity index is 1.75. The van der Waals surface area contributed by atoms with E-state index in [4.69, 9.17) is 15.2 Å². The van der Waals surface area contributed by atoms with Gasteiger partial charge in [-0.1, -0.05) is 12.1 Å². The quantitative estimate of drug-likeness (QED) is 0.900. The molecule has 2 atom stereocenters. The Morgan fingerprint density at radius 1 is 1.48 bits per heavy atom. The minimum absolute atomic E-state index is 0.189. The second-order valence-electron chi connectivity index (χ2n) is 5.51. The maximum absolute atomic E-state index is 6.07. The summed E-state index contributed by atoms with van der Waals surface area (Å²) >= 11 is 0. The molecular weight excluding hydrogens is 266 g/mol. The van der Waals surface area contributed by atoms with Gasteiger partial charge in [-0.15, -0.1) is 0 Å². The van der Waals surface area contributed by atoms with Gasteiger partial charge in [0.05, 0.1) is 25.3 Å². The van der Waals surface area contributed by atoms with Crippen LogP contribution < -0.4 is 10.5 Å². The Hall–Kier alpha value is -1.75. The highest BCUT2D eigenvalue weighted by Gasteiger charge is 2.31. The fraction of sp³-hybridized carbons (Fsp3) is 0.562. The van der Waals surface area contributed by atoms with Crippen LogP contribution in [0.2, 0.25) is 0 Å². The van der Waals surface area contributed by atoms with Crippen molar-refractivity contribution in [3.05, 3.63) is 29.8 Å². The summed E-state index contributed by atoms with van der Waals surface area (Å²) in [6.45, 7) is 5.05. The molecule has 0 bridgehead atoms. The van der Waals surface area contributed by atoms with Crippen LogP contribution in [-0.2, 0) is 4.74 Å². The molecule has 5 heteroatoms. The fourth-order valence-electron chi connectivity index (χ4n) is 3.02. The summed E-state index contributed by atoms with van der Waals surface area (Å²) < 4.78 is 11.3. The lowest BCUT2D eigenvalue weighted by molar-refractivity contribution is 0.0852. The van der Waals surface area contributed by atoms with Gasteiger partial charge in [-0.25, -0.2) is 0 Å². The lowest BCUT2D eigenvalue weighted by Crippen LogP contribution is -2.41. The summed E-state index contributed by atoms with van der Waals surface area (Å²) in [6, 6.07) is 8.40. The molecule has 1 saturated heterocycles. The standard InChI is InChI=1S/C16H23N3O2/c1-2-20-13-6-3-5-12(9-13)15-10-18-16(17)19(15)11-14-7-4-8-21-14/h3,5-6,9,14-15H,2,4,7-8,10-11H2,1H3,(H2,17,18). The van der Waals surface area contributed by atoms with Gasteiger partial charge in [0.2, 0.25) is 0 Å². The maximum atomic E-state index is 6.07. The first kappa shape index (κ1) is 14.2. The number of nitrogens with zero attached hydrogens (tertiary/aromatic N) is 2. The zero-order valence-electron chi connectivity index (χ0n) is 12.5. The van der Waals surface area contributed by atoms with Crippen molar-refractivity contribution in [1.82, 2.24) is 4.90 Å². The molecule has 2 N–H and O–H groups in total. The number of benzene rings is 1. The van der Waals surface area contributed by atoms with E-state index in [2.05, 4.69) is 22.0 Å². The molecule has 1 aromatic rings. The molecule has 0 spiro atoms. The average molecular weight is 289 g/mol. The molecule has 2 heterocycles. The number of ether oxygens (including phenoxy) is 2. The highest BCUT2D eigenvalue weighted by Crippen LogP contribution is 2.29. The maximum Gasteiger partial charge on any atom is 0.192 e. The van der Waals surface area contributed by atoms with E-state index in [1.165, 1.54) is 5.56 Å². The van der Waals surface area contributed by atoms with Crippen molar-refractivity contribution in [3.63, 3.8) is 0 Å². The molecular formula is C16H23N3O2. The van der Waals surface area contributed by atoms with Gasteiger partial charge in [-0.05, 0) is 37.5 Å². The molecule has 5 nitrogen and oxygen atoms in total. The van der Waals surface area contributed by atoms with E-state index in [1.807, 2.05) is 19.1 Å². The number of hydrogen-bond donors (Lipinski definition) is 1. The van der Waals surface area contributed by atoms with Crippen molar-refractivity contribution in [3.8, 4) is 5.75 Å². The lowest BCUT2D eigenvalue weighted by Gasteiger charge is -2.29. The van der Waals surface area contributed by atoms with E-state index in [-0.39, 0.29) is 12.1 Å². The number of hydrogen-bond acceptors (Lipinski definition) is 5. The van der Waals surface area contributed by atoms with E-state index in [9.17, 15) is 0 Å². The van der Waals surface area contributed by atoms with Crippen molar-refractivity contribution < 1.29 is 9.47 Å². The van der Waals surface area contributed by atoms with Crippen LogP contribution in [0.25, 0.3) is 0 Å². The Morgan fingerprint density at radius 3 is 3.14 bits per heavy atom. The minimum Gasteiger partial charge on any atom is -0.494 e. The summed E-state index contributed by atoms with van der Waals surface area (Å²) in [5, 5.41) is 0. The molecule has 0 radical (unpaired) electrons. The average Bonchev–Trinajstić information content (AvgIpc) is 3.11. The Labute approximate surface area is 125 Å². The smallest absolute Gasteiger partial charge is 0.192 e. The van der Waals surface area contributed by atoms with Crippen molar-refractivity contribution in [2.24, 2.45) is 10.7 Å². The number of nitrogens with two attached hydrogens (primary N) is 1. The van der Waals surface area contributed by atoms with Crippen LogP contribution in [0.5, 0.6) is 5.75 Å². The minimum atomic E-state index is 0.189. The van der Waals surface area contributed by atoms with E-state index in [1.54, 1.807) is 0 Å².